The zero-order chi connectivity index (χ0) is 12.4. The Morgan fingerprint density at radius 3 is 2.83 bits per heavy atom. The number of ketones is 1. The van der Waals surface area contributed by atoms with E-state index in [1.807, 2.05) is 42.1 Å². The summed E-state index contributed by atoms with van der Waals surface area (Å²) >= 11 is 1.95. The minimum absolute atomic E-state index is 0.297. The fourth-order valence-corrected chi connectivity index (χ4v) is 3.86. The van der Waals surface area contributed by atoms with Crippen molar-refractivity contribution in [1.82, 2.24) is 0 Å². The fraction of sp³-hybridized carbons (Fsp3) is 0.312. The zero-order valence-corrected chi connectivity index (χ0v) is 11.1. The summed E-state index contributed by atoms with van der Waals surface area (Å²) in [6.45, 7) is 0. The molecule has 0 amide bonds. The van der Waals surface area contributed by atoms with Gasteiger partial charge in [0.2, 0.25) is 0 Å². The summed E-state index contributed by atoms with van der Waals surface area (Å²) in [6, 6.07) is 14.1. The van der Waals surface area contributed by atoms with Gasteiger partial charge >= 0.3 is 0 Å². The maximum atomic E-state index is 12.4. The van der Waals surface area contributed by atoms with Crippen LogP contribution in [0.3, 0.4) is 0 Å². The van der Waals surface area contributed by atoms with Crippen molar-refractivity contribution in [2.24, 2.45) is 0 Å². The van der Waals surface area contributed by atoms with Crippen LogP contribution in [0.25, 0.3) is 10.8 Å². The third-order valence-electron chi connectivity index (χ3n) is 3.53. The Balaban J connectivity index is 1.91. The minimum atomic E-state index is 0.297. The Morgan fingerprint density at radius 1 is 1.17 bits per heavy atom. The summed E-state index contributed by atoms with van der Waals surface area (Å²) in [5.41, 5.74) is 0.889. The number of thioether (sulfide) groups is 1. The highest BCUT2D eigenvalue weighted by atomic mass is 32.2. The highest BCUT2D eigenvalue weighted by Crippen LogP contribution is 2.30. The maximum absolute atomic E-state index is 12.4. The summed E-state index contributed by atoms with van der Waals surface area (Å²) in [5, 5.41) is 2.78. The lowest BCUT2D eigenvalue weighted by Gasteiger charge is -2.09. The summed E-state index contributed by atoms with van der Waals surface area (Å²) in [6.07, 6.45) is 3.15. The summed E-state index contributed by atoms with van der Waals surface area (Å²) in [7, 11) is 0. The van der Waals surface area contributed by atoms with Gasteiger partial charge in [0.1, 0.15) is 0 Å². The third-order valence-corrected chi connectivity index (χ3v) is 4.93. The second-order valence-corrected chi connectivity index (χ2v) is 6.20. The highest BCUT2D eigenvalue weighted by Gasteiger charge is 2.20. The Labute approximate surface area is 112 Å². The van der Waals surface area contributed by atoms with Crippen LogP contribution in [0.1, 0.15) is 29.6 Å². The van der Waals surface area contributed by atoms with Crippen molar-refractivity contribution in [1.29, 1.82) is 0 Å². The molecule has 18 heavy (non-hydrogen) atoms. The van der Waals surface area contributed by atoms with Gasteiger partial charge in [0.05, 0.1) is 0 Å². The van der Waals surface area contributed by atoms with Gasteiger partial charge in [-0.3, -0.25) is 4.79 Å². The van der Waals surface area contributed by atoms with Gasteiger partial charge in [0.15, 0.2) is 5.78 Å². The number of carbonyl (C=O) groups excluding carboxylic acids is 1. The van der Waals surface area contributed by atoms with E-state index < -0.39 is 0 Å². The first kappa shape index (κ1) is 11.8. The van der Waals surface area contributed by atoms with Crippen molar-refractivity contribution >= 4 is 28.3 Å². The molecular weight excluding hydrogens is 240 g/mol. The molecular formula is C16H16OS. The molecule has 92 valence electrons. The van der Waals surface area contributed by atoms with E-state index >= 15 is 0 Å². The van der Waals surface area contributed by atoms with Gasteiger partial charge in [-0.2, -0.15) is 11.8 Å². The molecule has 2 aromatic carbocycles. The lowest BCUT2D eigenvalue weighted by atomic mass is 9.98. The van der Waals surface area contributed by atoms with Gasteiger partial charge in [-0.1, -0.05) is 42.5 Å². The Hall–Kier alpha value is -1.28. The third kappa shape index (κ3) is 2.30. The molecule has 3 rings (SSSR count). The SMILES string of the molecule is O=C(CC1CCCS1)c1cccc2ccccc12. The van der Waals surface area contributed by atoms with E-state index in [1.165, 1.54) is 18.6 Å². The van der Waals surface area contributed by atoms with Gasteiger partial charge in [0, 0.05) is 17.2 Å². The van der Waals surface area contributed by atoms with Gasteiger partial charge < -0.3 is 0 Å². The Bertz CT molecular complexity index is 565. The van der Waals surface area contributed by atoms with Gasteiger partial charge in [-0.25, -0.2) is 0 Å². The molecule has 0 bridgehead atoms. The number of hydrogen-bond acceptors (Lipinski definition) is 2. The lowest BCUT2D eigenvalue weighted by molar-refractivity contribution is 0.0983. The first-order chi connectivity index (χ1) is 8.84. The molecule has 0 spiro atoms. The van der Waals surface area contributed by atoms with Crippen molar-refractivity contribution in [3.8, 4) is 0 Å². The largest absolute Gasteiger partial charge is 0.294 e. The first-order valence-corrected chi connectivity index (χ1v) is 7.52. The van der Waals surface area contributed by atoms with E-state index in [1.54, 1.807) is 0 Å². The van der Waals surface area contributed by atoms with E-state index in [2.05, 4.69) is 12.1 Å². The standard InChI is InChI=1S/C16H16OS/c17-16(11-13-7-4-10-18-13)15-9-3-6-12-5-1-2-8-14(12)15/h1-3,5-6,8-9,13H,4,7,10-11H2. The van der Waals surface area contributed by atoms with Crippen LogP contribution in [0.2, 0.25) is 0 Å². The molecule has 0 aromatic heterocycles. The molecule has 1 heterocycles. The predicted molar refractivity (Wildman–Crippen MR) is 78.4 cm³/mol. The van der Waals surface area contributed by atoms with E-state index in [-0.39, 0.29) is 0 Å². The van der Waals surface area contributed by atoms with Crippen LogP contribution < -0.4 is 0 Å². The van der Waals surface area contributed by atoms with Crippen LogP contribution in [0.5, 0.6) is 0 Å². The van der Waals surface area contributed by atoms with E-state index in [9.17, 15) is 4.79 Å². The predicted octanol–water partition coefficient (Wildman–Crippen LogP) is 4.31. The second kappa shape index (κ2) is 5.15. The Kier molecular flexibility index (Phi) is 3.37. The van der Waals surface area contributed by atoms with Crippen molar-refractivity contribution in [3.63, 3.8) is 0 Å². The molecule has 0 N–H and O–H groups in total. The topological polar surface area (TPSA) is 17.1 Å². The minimum Gasteiger partial charge on any atom is -0.294 e. The molecule has 2 aromatic rings. The Morgan fingerprint density at radius 2 is 2.00 bits per heavy atom. The number of carbonyl (C=O) groups is 1. The number of rotatable bonds is 3. The molecule has 1 atom stereocenters. The van der Waals surface area contributed by atoms with Crippen molar-refractivity contribution < 1.29 is 4.79 Å². The van der Waals surface area contributed by atoms with Gasteiger partial charge in [-0.15, -0.1) is 0 Å². The van der Waals surface area contributed by atoms with E-state index in [0.29, 0.717) is 17.5 Å². The smallest absolute Gasteiger partial charge is 0.164 e. The maximum Gasteiger partial charge on any atom is 0.164 e. The average Bonchev–Trinajstić information content (AvgIpc) is 2.91. The van der Waals surface area contributed by atoms with Crippen LogP contribution >= 0.6 is 11.8 Å². The molecule has 1 saturated heterocycles. The summed E-state index contributed by atoms with van der Waals surface area (Å²) < 4.78 is 0. The van der Waals surface area contributed by atoms with Crippen molar-refractivity contribution in [2.45, 2.75) is 24.5 Å². The number of benzene rings is 2. The zero-order valence-electron chi connectivity index (χ0n) is 10.3. The van der Waals surface area contributed by atoms with Crippen LogP contribution in [-0.2, 0) is 0 Å². The molecule has 0 radical (unpaired) electrons. The van der Waals surface area contributed by atoms with Crippen LogP contribution in [-0.4, -0.2) is 16.8 Å². The normalized spacial score (nSPS) is 19.2. The van der Waals surface area contributed by atoms with Crippen molar-refractivity contribution in [2.75, 3.05) is 5.75 Å². The average molecular weight is 256 g/mol. The van der Waals surface area contributed by atoms with Crippen LogP contribution in [0, 0.1) is 0 Å². The van der Waals surface area contributed by atoms with Gasteiger partial charge in [-0.05, 0) is 29.4 Å². The number of Topliss-reactive ketones (excluding diaryl/α,β-unsaturated/α-hetero) is 1. The fourth-order valence-electron chi connectivity index (χ4n) is 2.59. The van der Waals surface area contributed by atoms with E-state index in [4.69, 9.17) is 0 Å². The summed E-state index contributed by atoms with van der Waals surface area (Å²) in [5.74, 6) is 1.51. The molecule has 0 aliphatic carbocycles. The monoisotopic (exact) mass is 256 g/mol. The lowest BCUT2D eigenvalue weighted by Crippen LogP contribution is -2.08. The first-order valence-electron chi connectivity index (χ1n) is 6.47. The quantitative estimate of drug-likeness (QED) is 0.761. The molecule has 0 saturated carbocycles. The number of hydrogen-bond donors (Lipinski definition) is 0. The molecule has 1 unspecified atom stereocenters. The molecule has 1 aliphatic rings. The molecule has 1 fully saturated rings. The molecule has 2 heteroatoms. The van der Waals surface area contributed by atoms with Crippen LogP contribution in [0.4, 0.5) is 0 Å². The van der Waals surface area contributed by atoms with Crippen molar-refractivity contribution in [3.05, 3.63) is 48.0 Å². The molecule has 1 nitrogen and oxygen atoms in total. The highest BCUT2D eigenvalue weighted by molar-refractivity contribution is 8.00. The van der Waals surface area contributed by atoms with Crippen LogP contribution in [0.15, 0.2) is 42.5 Å². The number of fused-ring (bicyclic) bond motifs is 1. The van der Waals surface area contributed by atoms with Gasteiger partial charge in [0.25, 0.3) is 0 Å². The molecule has 1 aliphatic heterocycles. The summed E-state index contributed by atoms with van der Waals surface area (Å²) in [4.78, 5) is 12.4. The second-order valence-electron chi connectivity index (χ2n) is 4.79. The van der Waals surface area contributed by atoms with E-state index in [0.717, 1.165) is 16.3 Å².